The summed E-state index contributed by atoms with van der Waals surface area (Å²) < 4.78 is 12.2. The van der Waals surface area contributed by atoms with Crippen LogP contribution in [0.1, 0.15) is 26.5 Å². The molecule has 26 heavy (non-hydrogen) atoms. The summed E-state index contributed by atoms with van der Waals surface area (Å²) in [4.78, 5) is 25.0. The van der Waals surface area contributed by atoms with Gasteiger partial charge in [-0.3, -0.25) is 9.59 Å². The van der Waals surface area contributed by atoms with Crippen LogP contribution in [0.25, 0.3) is 22.1 Å². The van der Waals surface area contributed by atoms with Crippen molar-refractivity contribution in [2.45, 2.75) is 27.7 Å². The Hall–Kier alpha value is -2.40. The van der Waals surface area contributed by atoms with Crippen LogP contribution in [-0.2, 0) is 4.79 Å². The minimum absolute atomic E-state index is 0.111. The molecular formula is C21H19BrO4. The quantitative estimate of drug-likeness (QED) is 0.411. The van der Waals surface area contributed by atoms with Crippen LogP contribution in [0.2, 0.25) is 0 Å². The zero-order valence-corrected chi connectivity index (χ0v) is 16.6. The predicted octanol–water partition coefficient (Wildman–Crippen LogP) is 5.48. The van der Waals surface area contributed by atoms with Gasteiger partial charge in [-0.2, -0.15) is 0 Å². The Bertz CT molecular complexity index is 1040. The summed E-state index contributed by atoms with van der Waals surface area (Å²) in [6.07, 6.45) is 0. The minimum atomic E-state index is -0.614. The fourth-order valence-electron chi connectivity index (χ4n) is 2.56. The third-order valence-electron chi connectivity index (χ3n) is 4.00. The highest BCUT2D eigenvalue weighted by Gasteiger charge is 2.24. The second kappa shape index (κ2) is 6.72. The molecule has 0 amide bonds. The van der Waals surface area contributed by atoms with E-state index in [1.165, 1.54) is 0 Å². The monoisotopic (exact) mass is 414 g/mol. The molecule has 0 aliphatic heterocycles. The summed E-state index contributed by atoms with van der Waals surface area (Å²) in [6.45, 7) is 7.10. The largest absolute Gasteiger partial charge is 0.460 e. The summed E-state index contributed by atoms with van der Waals surface area (Å²) in [5, 5.41) is 0.448. The van der Waals surface area contributed by atoms with E-state index in [0.717, 1.165) is 10.0 Å². The standard InChI is InChI=1S/C21H19BrO4/c1-12-18(13-5-7-14(22)8-6-13)19(23)16-10-9-15(11-17(16)25-12)26-20(24)21(2,3)4/h5-11H,1-4H3. The van der Waals surface area contributed by atoms with Crippen LogP contribution in [0.4, 0.5) is 0 Å². The van der Waals surface area contributed by atoms with Gasteiger partial charge in [-0.05, 0) is 57.5 Å². The molecule has 3 rings (SSSR count). The van der Waals surface area contributed by atoms with Crippen LogP contribution in [0.15, 0.2) is 56.1 Å². The molecule has 3 aromatic rings. The highest BCUT2D eigenvalue weighted by molar-refractivity contribution is 9.10. The van der Waals surface area contributed by atoms with E-state index in [1.54, 1.807) is 45.9 Å². The van der Waals surface area contributed by atoms with Crippen LogP contribution >= 0.6 is 15.9 Å². The van der Waals surface area contributed by atoms with Crippen molar-refractivity contribution < 1.29 is 13.9 Å². The Morgan fingerprint density at radius 2 is 1.73 bits per heavy atom. The van der Waals surface area contributed by atoms with Gasteiger partial charge in [-0.1, -0.05) is 28.1 Å². The van der Waals surface area contributed by atoms with Gasteiger partial charge in [-0.25, -0.2) is 0 Å². The van der Waals surface area contributed by atoms with Crippen molar-refractivity contribution in [2.75, 3.05) is 0 Å². The second-order valence-electron chi connectivity index (χ2n) is 7.17. The van der Waals surface area contributed by atoms with Gasteiger partial charge in [-0.15, -0.1) is 0 Å². The molecule has 134 valence electrons. The lowest BCUT2D eigenvalue weighted by atomic mass is 9.97. The number of benzene rings is 2. The fourth-order valence-corrected chi connectivity index (χ4v) is 2.82. The van der Waals surface area contributed by atoms with Crippen molar-refractivity contribution in [3.63, 3.8) is 0 Å². The number of hydrogen-bond donors (Lipinski definition) is 0. The summed E-state index contributed by atoms with van der Waals surface area (Å²) in [7, 11) is 0. The van der Waals surface area contributed by atoms with Gasteiger partial charge in [0.05, 0.1) is 16.4 Å². The second-order valence-corrected chi connectivity index (χ2v) is 8.08. The molecule has 0 radical (unpaired) electrons. The number of halogens is 1. The first-order valence-corrected chi connectivity index (χ1v) is 9.02. The third-order valence-corrected chi connectivity index (χ3v) is 4.52. The lowest BCUT2D eigenvalue weighted by molar-refractivity contribution is -0.142. The number of rotatable bonds is 2. The molecule has 0 aliphatic carbocycles. The van der Waals surface area contributed by atoms with Crippen molar-refractivity contribution in [2.24, 2.45) is 5.41 Å². The number of hydrogen-bond acceptors (Lipinski definition) is 4. The molecule has 0 bridgehead atoms. The topological polar surface area (TPSA) is 56.5 Å². The van der Waals surface area contributed by atoms with Gasteiger partial charge >= 0.3 is 5.97 Å². The smallest absolute Gasteiger partial charge is 0.316 e. The molecular weight excluding hydrogens is 396 g/mol. The van der Waals surface area contributed by atoms with Crippen LogP contribution in [0, 0.1) is 12.3 Å². The Kier molecular flexibility index (Phi) is 4.76. The molecule has 0 aliphatic rings. The Morgan fingerprint density at radius 3 is 2.35 bits per heavy atom. The minimum Gasteiger partial charge on any atom is -0.460 e. The maximum atomic E-state index is 12.9. The van der Waals surface area contributed by atoms with Gasteiger partial charge in [0.2, 0.25) is 5.43 Å². The first-order valence-electron chi connectivity index (χ1n) is 8.22. The Morgan fingerprint density at radius 1 is 1.08 bits per heavy atom. The maximum absolute atomic E-state index is 12.9. The first-order chi connectivity index (χ1) is 12.2. The van der Waals surface area contributed by atoms with Crippen molar-refractivity contribution in [3.05, 3.63) is 62.9 Å². The summed E-state index contributed by atoms with van der Waals surface area (Å²) in [5.41, 5.74) is 0.998. The average Bonchev–Trinajstić information content (AvgIpc) is 2.55. The van der Waals surface area contributed by atoms with Crippen molar-refractivity contribution in [3.8, 4) is 16.9 Å². The SMILES string of the molecule is Cc1oc2cc(OC(=O)C(C)(C)C)ccc2c(=O)c1-c1ccc(Br)cc1. The normalized spacial score (nSPS) is 11.6. The zero-order valence-electron chi connectivity index (χ0n) is 15.1. The van der Waals surface area contributed by atoms with E-state index in [4.69, 9.17) is 9.15 Å². The number of carbonyl (C=O) groups excluding carboxylic acids is 1. The summed E-state index contributed by atoms with van der Waals surface area (Å²) >= 11 is 3.39. The molecule has 2 aromatic carbocycles. The van der Waals surface area contributed by atoms with E-state index in [0.29, 0.717) is 28.0 Å². The van der Waals surface area contributed by atoms with Crippen molar-refractivity contribution in [1.82, 2.24) is 0 Å². The number of ether oxygens (including phenoxy) is 1. The third kappa shape index (κ3) is 3.58. The lowest BCUT2D eigenvalue weighted by Gasteiger charge is -2.16. The molecule has 1 aromatic heterocycles. The maximum Gasteiger partial charge on any atom is 0.316 e. The van der Waals surface area contributed by atoms with Crippen molar-refractivity contribution in [1.29, 1.82) is 0 Å². The summed E-state index contributed by atoms with van der Waals surface area (Å²) in [5.74, 6) is 0.530. The van der Waals surface area contributed by atoms with E-state index in [1.807, 2.05) is 24.3 Å². The zero-order chi connectivity index (χ0) is 19.1. The molecule has 0 unspecified atom stereocenters. The van der Waals surface area contributed by atoms with Gasteiger partial charge in [0, 0.05) is 10.5 Å². The number of fused-ring (bicyclic) bond motifs is 1. The van der Waals surface area contributed by atoms with Crippen LogP contribution in [0.3, 0.4) is 0 Å². The van der Waals surface area contributed by atoms with Crippen molar-refractivity contribution >= 4 is 32.9 Å². The highest BCUT2D eigenvalue weighted by atomic mass is 79.9. The molecule has 4 nitrogen and oxygen atoms in total. The Balaban J connectivity index is 2.08. The van der Waals surface area contributed by atoms with Gasteiger partial charge in [0.25, 0.3) is 0 Å². The molecule has 0 saturated heterocycles. The number of carbonyl (C=O) groups is 1. The van der Waals surface area contributed by atoms with E-state index in [-0.39, 0.29) is 11.4 Å². The van der Waals surface area contributed by atoms with Crippen LogP contribution < -0.4 is 10.2 Å². The van der Waals surface area contributed by atoms with Gasteiger partial charge in [0.1, 0.15) is 17.1 Å². The van der Waals surface area contributed by atoms with Crippen LogP contribution in [-0.4, -0.2) is 5.97 Å². The molecule has 0 fully saturated rings. The number of esters is 1. The summed E-state index contributed by atoms with van der Waals surface area (Å²) in [6, 6.07) is 12.3. The molecule has 0 spiro atoms. The van der Waals surface area contributed by atoms with Crippen LogP contribution in [0.5, 0.6) is 5.75 Å². The van der Waals surface area contributed by atoms with Gasteiger partial charge in [0.15, 0.2) is 0 Å². The average molecular weight is 415 g/mol. The first kappa shape index (κ1) is 18.4. The van der Waals surface area contributed by atoms with E-state index in [9.17, 15) is 9.59 Å². The van der Waals surface area contributed by atoms with E-state index >= 15 is 0 Å². The molecule has 1 heterocycles. The molecule has 0 N–H and O–H groups in total. The number of aryl methyl sites for hydroxylation is 1. The molecule has 5 heteroatoms. The predicted molar refractivity (Wildman–Crippen MR) is 105 cm³/mol. The lowest BCUT2D eigenvalue weighted by Crippen LogP contribution is -2.25. The molecule has 0 atom stereocenters. The highest BCUT2D eigenvalue weighted by Crippen LogP contribution is 2.28. The van der Waals surface area contributed by atoms with E-state index in [2.05, 4.69) is 15.9 Å². The van der Waals surface area contributed by atoms with Gasteiger partial charge < -0.3 is 9.15 Å². The van der Waals surface area contributed by atoms with E-state index < -0.39 is 5.41 Å². The Labute approximate surface area is 159 Å². The fraction of sp³-hybridized carbons (Fsp3) is 0.238. The molecule has 0 saturated carbocycles.